The zero-order valence-electron chi connectivity index (χ0n) is 9.24. The molecule has 3 nitrogen and oxygen atoms in total. The third kappa shape index (κ3) is 4.23. The molecular weight excluding hydrogens is 290 g/mol. The highest BCUT2D eigenvalue weighted by Gasteiger charge is 2.12. The molecule has 0 aliphatic heterocycles. The zero-order valence-corrected chi connectivity index (χ0v) is 11.6. The fourth-order valence-electron chi connectivity index (χ4n) is 1.30. The van der Waals surface area contributed by atoms with E-state index in [1.165, 1.54) is 0 Å². The van der Waals surface area contributed by atoms with Crippen molar-refractivity contribution in [2.24, 2.45) is 0 Å². The minimum atomic E-state index is -3.34. The maximum atomic E-state index is 11.8. The molecule has 90 valence electrons. The minimum absolute atomic E-state index is 0.304. The normalized spacial score (nSPS) is 11.6. The summed E-state index contributed by atoms with van der Waals surface area (Å²) in [6.45, 7) is 2.59. The molecule has 0 saturated heterocycles. The summed E-state index contributed by atoms with van der Waals surface area (Å²) in [5.74, 6) is 0. The van der Waals surface area contributed by atoms with Crippen LogP contribution in [0.5, 0.6) is 0 Å². The molecule has 0 unspecified atom stereocenters. The molecule has 0 aromatic heterocycles. The van der Waals surface area contributed by atoms with Crippen molar-refractivity contribution in [2.45, 2.75) is 31.1 Å². The maximum absolute atomic E-state index is 11.8. The van der Waals surface area contributed by atoms with E-state index in [1.807, 2.05) is 0 Å². The molecule has 1 aromatic rings. The van der Waals surface area contributed by atoms with Crippen LogP contribution in [0.1, 0.15) is 26.2 Å². The van der Waals surface area contributed by atoms with Gasteiger partial charge < -0.3 is 0 Å². The van der Waals surface area contributed by atoms with Crippen molar-refractivity contribution in [3.8, 4) is 0 Å². The molecule has 1 rings (SSSR count). The lowest BCUT2D eigenvalue weighted by molar-refractivity contribution is 0.576. The highest BCUT2D eigenvalue weighted by molar-refractivity contribution is 9.10. The van der Waals surface area contributed by atoms with Gasteiger partial charge >= 0.3 is 0 Å². The Balaban J connectivity index is 2.64. The second kappa shape index (κ2) is 6.37. The van der Waals surface area contributed by atoms with Crippen LogP contribution >= 0.6 is 15.9 Å². The Hall–Kier alpha value is -0.390. The van der Waals surface area contributed by atoms with Crippen LogP contribution in [0.2, 0.25) is 0 Å². The lowest BCUT2D eigenvalue weighted by atomic mass is 10.3. The highest BCUT2D eigenvalue weighted by atomic mass is 79.9. The summed E-state index contributed by atoms with van der Waals surface area (Å²) in [7, 11) is -3.34. The van der Waals surface area contributed by atoms with Crippen LogP contribution in [0.15, 0.2) is 33.6 Å². The van der Waals surface area contributed by atoms with Gasteiger partial charge in [-0.2, -0.15) is 0 Å². The van der Waals surface area contributed by atoms with Crippen LogP contribution in [-0.4, -0.2) is 15.0 Å². The van der Waals surface area contributed by atoms with Crippen LogP contribution in [0.3, 0.4) is 0 Å². The molecule has 0 bridgehead atoms. The molecule has 0 radical (unpaired) electrons. The molecule has 0 heterocycles. The summed E-state index contributed by atoms with van der Waals surface area (Å²) >= 11 is 3.26. The number of hydrogen-bond acceptors (Lipinski definition) is 2. The van der Waals surface area contributed by atoms with Crippen LogP contribution in [0.25, 0.3) is 0 Å². The lowest BCUT2D eigenvalue weighted by Crippen LogP contribution is -2.24. The van der Waals surface area contributed by atoms with Gasteiger partial charge in [0.15, 0.2) is 0 Å². The first-order valence-electron chi connectivity index (χ1n) is 5.31. The molecule has 0 amide bonds. The third-order valence-electron chi connectivity index (χ3n) is 2.18. The van der Waals surface area contributed by atoms with E-state index in [1.54, 1.807) is 24.3 Å². The third-order valence-corrected chi connectivity index (χ3v) is 4.13. The molecule has 1 N–H and O–H groups in total. The van der Waals surface area contributed by atoms with Gasteiger partial charge in [-0.1, -0.05) is 41.8 Å². The van der Waals surface area contributed by atoms with Crippen molar-refractivity contribution in [2.75, 3.05) is 6.54 Å². The van der Waals surface area contributed by atoms with E-state index in [9.17, 15) is 8.42 Å². The number of benzene rings is 1. The predicted molar refractivity (Wildman–Crippen MR) is 68.9 cm³/mol. The quantitative estimate of drug-likeness (QED) is 0.821. The van der Waals surface area contributed by atoms with Crippen LogP contribution in [-0.2, 0) is 10.0 Å². The average Bonchev–Trinajstić information content (AvgIpc) is 2.24. The van der Waals surface area contributed by atoms with Crippen molar-refractivity contribution >= 4 is 26.0 Å². The van der Waals surface area contributed by atoms with Gasteiger partial charge in [0.25, 0.3) is 0 Å². The summed E-state index contributed by atoms with van der Waals surface area (Å²) < 4.78 is 27.0. The molecule has 0 aliphatic rings. The van der Waals surface area contributed by atoms with Gasteiger partial charge in [-0.3, -0.25) is 0 Å². The summed E-state index contributed by atoms with van der Waals surface area (Å²) in [6, 6.07) is 6.70. The molecule has 0 fully saturated rings. The minimum Gasteiger partial charge on any atom is -0.211 e. The van der Waals surface area contributed by atoms with E-state index in [0.717, 1.165) is 23.7 Å². The van der Waals surface area contributed by atoms with E-state index in [0.29, 0.717) is 11.4 Å². The number of rotatable bonds is 6. The molecule has 0 aliphatic carbocycles. The topological polar surface area (TPSA) is 46.2 Å². The molecule has 0 atom stereocenters. The fraction of sp³-hybridized carbons (Fsp3) is 0.455. The SMILES string of the molecule is CCCCCNS(=O)(=O)c1cccc(Br)c1. The Bertz CT molecular complexity index is 431. The number of halogens is 1. The number of sulfonamides is 1. The van der Waals surface area contributed by atoms with Gasteiger partial charge in [0.1, 0.15) is 0 Å². The standard InChI is InChI=1S/C11H16BrNO2S/c1-2-3-4-8-13-16(14,15)11-7-5-6-10(12)9-11/h5-7,9,13H,2-4,8H2,1H3. The Morgan fingerprint density at radius 3 is 2.69 bits per heavy atom. The Kier molecular flexibility index (Phi) is 5.44. The summed E-state index contributed by atoms with van der Waals surface area (Å²) in [6.07, 6.45) is 3.00. The van der Waals surface area contributed by atoms with Crippen molar-refractivity contribution in [1.29, 1.82) is 0 Å². The van der Waals surface area contributed by atoms with Gasteiger partial charge in [0.2, 0.25) is 10.0 Å². The number of nitrogens with one attached hydrogen (secondary N) is 1. The van der Waals surface area contributed by atoms with Gasteiger partial charge in [-0.25, -0.2) is 13.1 Å². The number of hydrogen-bond donors (Lipinski definition) is 1. The van der Waals surface area contributed by atoms with Gasteiger partial charge in [-0.05, 0) is 24.6 Å². The van der Waals surface area contributed by atoms with Gasteiger partial charge in [0, 0.05) is 11.0 Å². The van der Waals surface area contributed by atoms with Gasteiger partial charge in [-0.15, -0.1) is 0 Å². The van der Waals surface area contributed by atoms with Crippen molar-refractivity contribution in [1.82, 2.24) is 4.72 Å². The first kappa shape index (κ1) is 13.7. The van der Waals surface area contributed by atoms with Crippen LogP contribution in [0, 0.1) is 0 Å². The molecular formula is C11H16BrNO2S. The first-order chi connectivity index (χ1) is 7.56. The Labute approximate surface area is 105 Å². The maximum Gasteiger partial charge on any atom is 0.240 e. The second-order valence-corrected chi connectivity index (χ2v) is 6.24. The summed E-state index contributed by atoms with van der Waals surface area (Å²) in [5, 5.41) is 0. The summed E-state index contributed by atoms with van der Waals surface area (Å²) in [5.41, 5.74) is 0. The molecule has 0 saturated carbocycles. The largest absolute Gasteiger partial charge is 0.240 e. The highest BCUT2D eigenvalue weighted by Crippen LogP contribution is 2.15. The van der Waals surface area contributed by atoms with Crippen molar-refractivity contribution in [3.63, 3.8) is 0 Å². The lowest BCUT2D eigenvalue weighted by Gasteiger charge is -2.06. The second-order valence-electron chi connectivity index (χ2n) is 3.56. The average molecular weight is 306 g/mol. The van der Waals surface area contributed by atoms with Crippen molar-refractivity contribution < 1.29 is 8.42 Å². The van der Waals surface area contributed by atoms with E-state index in [-0.39, 0.29) is 0 Å². The zero-order chi connectivity index (χ0) is 12.0. The molecule has 1 aromatic carbocycles. The monoisotopic (exact) mass is 305 g/mol. The number of unbranched alkanes of at least 4 members (excludes halogenated alkanes) is 2. The smallest absolute Gasteiger partial charge is 0.211 e. The van der Waals surface area contributed by atoms with E-state index in [2.05, 4.69) is 27.6 Å². The van der Waals surface area contributed by atoms with E-state index in [4.69, 9.17) is 0 Å². The predicted octanol–water partition coefficient (Wildman–Crippen LogP) is 2.92. The fourth-order valence-corrected chi connectivity index (χ4v) is 2.97. The van der Waals surface area contributed by atoms with Crippen LogP contribution < -0.4 is 4.72 Å². The first-order valence-corrected chi connectivity index (χ1v) is 7.59. The molecule has 0 spiro atoms. The van der Waals surface area contributed by atoms with Crippen molar-refractivity contribution in [3.05, 3.63) is 28.7 Å². The van der Waals surface area contributed by atoms with E-state index >= 15 is 0 Å². The Morgan fingerprint density at radius 2 is 2.06 bits per heavy atom. The van der Waals surface area contributed by atoms with Gasteiger partial charge in [0.05, 0.1) is 4.90 Å². The molecule has 16 heavy (non-hydrogen) atoms. The van der Waals surface area contributed by atoms with E-state index < -0.39 is 10.0 Å². The molecule has 5 heteroatoms. The summed E-state index contributed by atoms with van der Waals surface area (Å²) in [4.78, 5) is 0.304. The van der Waals surface area contributed by atoms with Crippen LogP contribution in [0.4, 0.5) is 0 Å². The Morgan fingerprint density at radius 1 is 1.31 bits per heavy atom.